The summed E-state index contributed by atoms with van der Waals surface area (Å²) >= 11 is 0. The second kappa shape index (κ2) is 7.53. The van der Waals surface area contributed by atoms with Crippen LogP contribution in [0, 0.1) is 5.82 Å². The minimum absolute atomic E-state index is 0.241. The number of rotatable bonds is 5. The molecule has 2 aromatic rings. The number of likely N-dealkylation sites (tertiary alicyclic amines) is 1. The largest absolute Gasteiger partial charge is 0.363 e. The Bertz CT molecular complexity index is 678. The molecule has 128 valence electrons. The summed E-state index contributed by atoms with van der Waals surface area (Å²) in [6.45, 7) is 2.42. The summed E-state index contributed by atoms with van der Waals surface area (Å²) in [4.78, 5) is 16.8. The highest BCUT2D eigenvalue weighted by Gasteiger charge is 2.21. The fourth-order valence-corrected chi connectivity index (χ4v) is 2.94. The van der Waals surface area contributed by atoms with E-state index in [4.69, 9.17) is 0 Å². The van der Waals surface area contributed by atoms with Gasteiger partial charge in [-0.25, -0.2) is 9.37 Å². The summed E-state index contributed by atoms with van der Waals surface area (Å²) in [5, 5.41) is 3.41. The zero-order valence-corrected chi connectivity index (χ0v) is 14.1. The van der Waals surface area contributed by atoms with Crippen LogP contribution in [0.15, 0.2) is 30.7 Å². The quantitative estimate of drug-likeness (QED) is 0.907. The van der Waals surface area contributed by atoms with Gasteiger partial charge in [-0.1, -0.05) is 0 Å². The van der Waals surface area contributed by atoms with Crippen molar-refractivity contribution in [3.8, 4) is 0 Å². The highest BCUT2D eigenvalue weighted by Crippen LogP contribution is 2.18. The molecule has 1 N–H and O–H groups in total. The Labute approximate surface area is 141 Å². The van der Waals surface area contributed by atoms with Crippen molar-refractivity contribution in [2.24, 2.45) is 0 Å². The molecule has 6 nitrogen and oxygen atoms in total. The van der Waals surface area contributed by atoms with Crippen molar-refractivity contribution in [2.45, 2.75) is 25.4 Å². The maximum Gasteiger partial charge on any atom is 0.224 e. The maximum absolute atomic E-state index is 13.8. The molecule has 1 aliphatic heterocycles. The molecule has 1 atom stereocenters. The summed E-state index contributed by atoms with van der Waals surface area (Å²) in [6.07, 6.45) is 6.80. The molecule has 2 aromatic heterocycles. The van der Waals surface area contributed by atoms with Crippen LogP contribution in [0.3, 0.4) is 0 Å². The number of piperidine rings is 1. The molecule has 0 aromatic carbocycles. The van der Waals surface area contributed by atoms with E-state index in [9.17, 15) is 4.39 Å². The van der Waals surface area contributed by atoms with E-state index >= 15 is 0 Å². The van der Waals surface area contributed by atoms with Gasteiger partial charge in [0.2, 0.25) is 5.95 Å². The van der Waals surface area contributed by atoms with Crippen LogP contribution in [0.2, 0.25) is 0 Å². The smallest absolute Gasteiger partial charge is 0.224 e. The molecule has 0 bridgehead atoms. The van der Waals surface area contributed by atoms with Crippen molar-refractivity contribution in [1.29, 1.82) is 0 Å². The molecule has 0 aliphatic carbocycles. The standard InChI is InChI=1S/C17H23FN6/c1-23(2)16-6-8-20-17(22-16)21-14-4-3-9-24(12-14)11-13-5-7-19-10-15(13)18/h5-8,10,14H,3-4,9,11-12H2,1-2H3,(H,20,21,22). The minimum atomic E-state index is -0.241. The van der Waals surface area contributed by atoms with Gasteiger partial charge in [-0.2, -0.15) is 4.98 Å². The summed E-state index contributed by atoms with van der Waals surface area (Å²) in [5.41, 5.74) is 0.691. The van der Waals surface area contributed by atoms with E-state index in [1.165, 1.54) is 6.20 Å². The number of nitrogens with one attached hydrogen (secondary N) is 1. The van der Waals surface area contributed by atoms with Gasteiger partial charge in [0.05, 0.1) is 6.20 Å². The molecule has 3 heterocycles. The van der Waals surface area contributed by atoms with Crippen LogP contribution in [-0.4, -0.2) is 53.1 Å². The predicted molar refractivity (Wildman–Crippen MR) is 92.5 cm³/mol. The minimum Gasteiger partial charge on any atom is -0.363 e. The third-order valence-corrected chi connectivity index (χ3v) is 4.19. The van der Waals surface area contributed by atoms with Gasteiger partial charge in [-0.05, 0) is 31.5 Å². The summed E-state index contributed by atoms with van der Waals surface area (Å²) in [6, 6.07) is 3.89. The highest BCUT2D eigenvalue weighted by atomic mass is 19.1. The maximum atomic E-state index is 13.8. The number of aromatic nitrogens is 3. The van der Waals surface area contributed by atoms with Gasteiger partial charge in [0.15, 0.2) is 0 Å². The monoisotopic (exact) mass is 330 g/mol. The highest BCUT2D eigenvalue weighted by molar-refractivity contribution is 5.41. The van der Waals surface area contributed by atoms with Crippen LogP contribution < -0.4 is 10.2 Å². The van der Waals surface area contributed by atoms with Crippen molar-refractivity contribution in [2.75, 3.05) is 37.4 Å². The van der Waals surface area contributed by atoms with E-state index in [2.05, 4.69) is 25.2 Å². The molecule has 24 heavy (non-hydrogen) atoms. The third-order valence-electron chi connectivity index (χ3n) is 4.19. The average molecular weight is 330 g/mol. The number of pyridine rings is 1. The molecule has 3 rings (SSSR count). The van der Waals surface area contributed by atoms with Crippen LogP contribution >= 0.6 is 0 Å². The number of hydrogen-bond acceptors (Lipinski definition) is 6. The van der Waals surface area contributed by atoms with E-state index in [-0.39, 0.29) is 11.9 Å². The van der Waals surface area contributed by atoms with Crippen LogP contribution in [0.25, 0.3) is 0 Å². The Kier molecular flexibility index (Phi) is 5.20. The van der Waals surface area contributed by atoms with Crippen molar-refractivity contribution in [3.05, 3.63) is 42.1 Å². The molecule has 1 unspecified atom stereocenters. The Morgan fingerprint density at radius 1 is 1.33 bits per heavy atom. The Morgan fingerprint density at radius 3 is 3.00 bits per heavy atom. The molecule has 1 fully saturated rings. The van der Waals surface area contributed by atoms with Gasteiger partial charge in [-0.3, -0.25) is 9.88 Å². The van der Waals surface area contributed by atoms with Crippen molar-refractivity contribution < 1.29 is 4.39 Å². The molecule has 0 saturated carbocycles. The SMILES string of the molecule is CN(C)c1ccnc(NC2CCCN(Cc3ccncc3F)C2)n1. The average Bonchev–Trinajstić information content (AvgIpc) is 2.57. The first-order valence-corrected chi connectivity index (χ1v) is 8.19. The Hall–Kier alpha value is -2.28. The van der Waals surface area contributed by atoms with E-state index < -0.39 is 0 Å². The van der Waals surface area contributed by atoms with E-state index in [1.807, 2.05) is 25.1 Å². The molecule has 0 amide bonds. The topological polar surface area (TPSA) is 57.2 Å². The summed E-state index contributed by atoms with van der Waals surface area (Å²) < 4.78 is 13.8. The van der Waals surface area contributed by atoms with Crippen molar-refractivity contribution in [1.82, 2.24) is 19.9 Å². The fraction of sp³-hybridized carbons (Fsp3) is 0.471. The lowest BCUT2D eigenvalue weighted by Crippen LogP contribution is -2.42. The van der Waals surface area contributed by atoms with Crippen LogP contribution in [0.5, 0.6) is 0 Å². The molecule has 1 saturated heterocycles. The van der Waals surface area contributed by atoms with E-state index in [0.29, 0.717) is 18.1 Å². The number of anilines is 2. The molecule has 0 radical (unpaired) electrons. The summed E-state index contributed by atoms with van der Waals surface area (Å²) in [7, 11) is 3.91. The molecule has 7 heteroatoms. The molecular formula is C17H23FN6. The van der Waals surface area contributed by atoms with Gasteiger partial charge in [0, 0.05) is 51.2 Å². The van der Waals surface area contributed by atoms with E-state index in [0.717, 1.165) is 31.7 Å². The Morgan fingerprint density at radius 2 is 2.21 bits per heavy atom. The molecule has 1 aliphatic rings. The van der Waals surface area contributed by atoms with Crippen LogP contribution in [0.1, 0.15) is 18.4 Å². The number of halogens is 1. The first-order valence-electron chi connectivity index (χ1n) is 8.19. The number of hydrogen-bond donors (Lipinski definition) is 1. The molecular weight excluding hydrogens is 307 g/mol. The first-order chi connectivity index (χ1) is 11.6. The van der Waals surface area contributed by atoms with Gasteiger partial charge >= 0.3 is 0 Å². The second-order valence-electron chi connectivity index (χ2n) is 6.32. The zero-order valence-electron chi connectivity index (χ0n) is 14.1. The lowest BCUT2D eigenvalue weighted by Gasteiger charge is -2.33. The third kappa shape index (κ3) is 4.17. The van der Waals surface area contributed by atoms with Crippen molar-refractivity contribution >= 4 is 11.8 Å². The lowest BCUT2D eigenvalue weighted by atomic mass is 10.1. The zero-order chi connectivity index (χ0) is 16.9. The van der Waals surface area contributed by atoms with Crippen LogP contribution in [-0.2, 0) is 6.54 Å². The molecule has 0 spiro atoms. The first kappa shape index (κ1) is 16.6. The van der Waals surface area contributed by atoms with Crippen molar-refractivity contribution in [3.63, 3.8) is 0 Å². The van der Waals surface area contributed by atoms with Gasteiger partial charge in [0.1, 0.15) is 11.6 Å². The predicted octanol–water partition coefficient (Wildman–Crippen LogP) is 2.15. The summed E-state index contributed by atoms with van der Waals surface area (Å²) in [5.74, 6) is 1.27. The second-order valence-corrected chi connectivity index (χ2v) is 6.32. The van der Waals surface area contributed by atoms with Gasteiger partial charge < -0.3 is 10.2 Å². The van der Waals surface area contributed by atoms with Gasteiger partial charge in [-0.15, -0.1) is 0 Å². The van der Waals surface area contributed by atoms with Gasteiger partial charge in [0.25, 0.3) is 0 Å². The normalized spacial score (nSPS) is 18.4. The van der Waals surface area contributed by atoms with E-state index in [1.54, 1.807) is 18.5 Å². The Balaban J connectivity index is 1.61. The number of nitrogens with zero attached hydrogens (tertiary/aromatic N) is 5. The lowest BCUT2D eigenvalue weighted by molar-refractivity contribution is 0.206. The fourth-order valence-electron chi connectivity index (χ4n) is 2.94. The van der Waals surface area contributed by atoms with Crippen LogP contribution in [0.4, 0.5) is 16.2 Å².